The third-order valence-corrected chi connectivity index (χ3v) is 3.49. The van der Waals surface area contributed by atoms with E-state index in [1.807, 2.05) is 35.0 Å². The first-order chi connectivity index (χ1) is 10.3. The van der Waals surface area contributed by atoms with E-state index < -0.39 is 0 Å². The number of hydrogen-bond donors (Lipinski definition) is 0. The van der Waals surface area contributed by atoms with E-state index in [2.05, 4.69) is 11.0 Å². The molecule has 112 valence electrons. The zero-order valence-electron chi connectivity index (χ0n) is 12.6. The second-order valence-electron chi connectivity index (χ2n) is 4.90. The Hall–Kier alpha value is -1.87. The van der Waals surface area contributed by atoms with Gasteiger partial charge in [0, 0.05) is 51.8 Å². The molecular formula is C16H21N3O2. The van der Waals surface area contributed by atoms with Crippen molar-refractivity contribution in [3.05, 3.63) is 41.7 Å². The third kappa shape index (κ3) is 3.82. The molecule has 2 aromatic rings. The number of hydrogen-bond acceptors (Lipinski definition) is 4. The molecular weight excluding hydrogens is 266 g/mol. The fraction of sp³-hybridized carbons (Fsp3) is 0.438. The van der Waals surface area contributed by atoms with Gasteiger partial charge in [0.1, 0.15) is 6.07 Å². The van der Waals surface area contributed by atoms with E-state index in [0.717, 1.165) is 36.3 Å². The molecule has 0 saturated carbocycles. The second-order valence-corrected chi connectivity index (χ2v) is 4.90. The molecule has 5 nitrogen and oxygen atoms in total. The zero-order chi connectivity index (χ0) is 15.1. The Balaban J connectivity index is 2.21. The number of ether oxygens (including phenoxy) is 2. The van der Waals surface area contributed by atoms with Crippen molar-refractivity contribution in [2.24, 2.45) is 0 Å². The lowest BCUT2D eigenvalue weighted by molar-refractivity contribution is 0.110. The van der Waals surface area contributed by atoms with Crippen LogP contribution < -0.4 is 0 Å². The minimum Gasteiger partial charge on any atom is -0.383 e. The summed E-state index contributed by atoms with van der Waals surface area (Å²) >= 11 is 0. The molecule has 0 aromatic carbocycles. The third-order valence-electron chi connectivity index (χ3n) is 3.49. The van der Waals surface area contributed by atoms with E-state index >= 15 is 0 Å². The fourth-order valence-corrected chi connectivity index (χ4v) is 2.38. The van der Waals surface area contributed by atoms with Crippen molar-refractivity contribution in [3.63, 3.8) is 0 Å². The molecule has 0 N–H and O–H groups in total. The molecule has 0 atom stereocenters. The number of nitriles is 1. The normalized spacial score (nSPS) is 11.1. The second kappa shape index (κ2) is 7.79. The monoisotopic (exact) mass is 287 g/mol. The number of aromatic nitrogens is 1. The van der Waals surface area contributed by atoms with E-state index in [0.29, 0.717) is 13.2 Å². The molecule has 0 aliphatic carbocycles. The smallest absolute Gasteiger partial charge is 0.102 e. The topological polar surface area (TPSA) is 49.9 Å². The van der Waals surface area contributed by atoms with E-state index in [-0.39, 0.29) is 0 Å². The number of rotatable bonds is 8. The lowest BCUT2D eigenvalue weighted by atomic mass is 10.1. The summed E-state index contributed by atoms with van der Waals surface area (Å²) in [6.07, 6.45) is 3.99. The van der Waals surface area contributed by atoms with Crippen molar-refractivity contribution in [2.45, 2.75) is 6.54 Å². The Morgan fingerprint density at radius 2 is 1.90 bits per heavy atom. The Morgan fingerprint density at radius 1 is 1.19 bits per heavy atom. The maximum Gasteiger partial charge on any atom is 0.102 e. The average Bonchev–Trinajstić information content (AvgIpc) is 2.86. The van der Waals surface area contributed by atoms with Crippen molar-refractivity contribution >= 4 is 5.52 Å². The fourth-order valence-electron chi connectivity index (χ4n) is 2.38. The van der Waals surface area contributed by atoms with Gasteiger partial charge in [-0.2, -0.15) is 5.26 Å². The van der Waals surface area contributed by atoms with Crippen molar-refractivity contribution in [1.82, 2.24) is 9.30 Å². The van der Waals surface area contributed by atoms with Gasteiger partial charge in [0.25, 0.3) is 0 Å². The van der Waals surface area contributed by atoms with Gasteiger partial charge < -0.3 is 13.9 Å². The molecule has 0 radical (unpaired) electrons. The van der Waals surface area contributed by atoms with Crippen LogP contribution >= 0.6 is 0 Å². The van der Waals surface area contributed by atoms with Gasteiger partial charge in [0.15, 0.2) is 0 Å². The van der Waals surface area contributed by atoms with Gasteiger partial charge in [0.05, 0.1) is 24.3 Å². The summed E-state index contributed by atoms with van der Waals surface area (Å²) in [6, 6.07) is 8.21. The zero-order valence-corrected chi connectivity index (χ0v) is 12.6. The van der Waals surface area contributed by atoms with Gasteiger partial charge in [-0.05, 0) is 12.1 Å². The summed E-state index contributed by atoms with van der Waals surface area (Å²) < 4.78 is 12.3. The van der Waals surface area contributed by atoms with Crippen LogP contribution in [0.3, 0.4) is 0 Å². The molecule has 0 saturated heterocycles. The highest BCUT2D eigenvalue weighted by molar-refractivity contribution is 5.65. The van der Waals surface area contributed by atoms with Crippen LogP contribution in [0.4, 0.5) is 0 Å². The molecule has 0 fully saturated rings. The molecule has 0 unspecified atom stereocenters. The molecule has 0 spiro atoms. The molecule has 2 heterocycles. The van der Waals surface area contributed by atoms with E-state index in [9.17, 15) is 5.26 Å². The van der Waals surface area contributed by atoms with Crippen LogP contribution in [0.1, 0.15) is 11.1 Å². The van der Waals surface area contributed by atoms with Gasteiger partial charge in [-0.15, -0.1) is 0 Å². The minimum absolute atomic E-state index is 0.666. The number of methoxy groups -OCH3 is 2. The molecule has 5 heteroatoms. The highest BCUT2D eigenvalue weighted by Gasteiger charge is 2.13. The van der Waals surface area contributed by atoms with Crippen LogP contribution in [0.5, 0.6) is 0 Å². The lowest BCUT2D eigenvalue weighted by Gasteiger charge is -2.21. The highest BCUT2D eigenvalue weighted by Crippen LogP contribution is 2.19. The first-order valence-corrected chi connectivity index (χ1v) is 6.99. The molecule has 0 bridgehead atoms. The molecule has 2 aromatic heterocycles. The molecule has 2 rings (SSSR count). The summed E-state index contributed by atoms with van der Waals surface area (Å²) in [7, 11) is 3.39. The predicted octanol–water partition coefficient (Wildman–Crippen LogP) is 1.91. The summed E-state index contributed by atoms with van der Waals surface area (Å²) in [4.78, 5) is 2.24. The minimum atomic E-state index is 0.666. The molecule has 0 amide bonds. The lowest BCUT2D eigenvalue weighted by Crippen LogP contribution is -2.30. The van der Waals surface area contributed by atoms with Crippen molar-refractivity contribution in [3.8, 4) is 6.07 Å². The van der Waals surface area contributed by atoms with Crippen LogP contribution in [0, 0.1) is 11.3 Å². The largest absolute Gasteiger partial charge is 0.383 e. The maximum absolute atomic E-state index is 9.44. The van der Waals surface area contributed by atoms with Crippen molar-refractivity contribution in [2.75, 3.05) is 40.5 Å². The van der Waals surface area contributed by atoms with Crippen LogP contribution in [-0.2, 0) is 16.0 Å². The van der Waals surface area contributed by atoms with Crippen LogP contribution in [0.2, 0.25) is 0 Å². The van der Waals surface area contributed by atoms with Gasteiger partial charge >= 0.3 is 0 Å². The average molecular weight is 287 g/mol. The van der Waals surface area contributed by atoms with Crippen molar-refractivity contribution in [1.29, 1.82) is 5.26 Å². The quantitative estimate of drug-likeness (QED) is 0.744. The summed E-state index contributed by atoms with van der Waals surface area (Å²) in [5.74, 6) is 0. The summed E-state index contributed by atoms with van der Waals surface area (Å²) in [5, 5.41) is 9.44. The van der Waals surface area contributed by atoms with E-state index in [1.54, 1.807) is 14.2 Å². The highest BCUT2D eigenvalue weighted by atomic mass is 16.5. The maximum atomic E-state index is 9.44. The van der Waals surface area contributed by atoms with Gasteiger partial charge in [-0.25, -0.2) is 0 Å². The Kier molecular flexibility index (Phi) is 5.76. The van der Waals surface area contributed by atoms with Gasteiger partial charge in [-0.3, -0.25) is 4.90 Å². The first kappa shape index (κ1) is 15.5. The Labute approximate surface area is 125 Å². The Bertz CT molecular complexity index is 607. The van der Waals surface area contributed by atoms with E-state index in [4.69, 9.17) is 9.47 Å². The van der Waals surface area contributed by atoms with Crippen LogP contribution in [0.25, 0.3) is 5.52 Å². The number of nitrogens with zero attached hydrogens (tertiary/aromatic N) is 3. The molecule has 0 aliphatic heterocycles. The van der Waals surface area contributed by atoms with Crippen LogP contribution in [0.15, 0.2) is 30.6 Å². The van der Waals surface area contributed by atoms with Crippen LogP contribution in [-0.4, -0.2) is 49.8 Å². The SMILES string of the molecule is COCCN(CCOC)Cc1cn2ccccc2c1C#N. The summed E-state index contributed by atoms with van der Waals surface area (Å²) in [6.45, 7) is 3.68. The van der Waals surface area contributed by atoms with Gasteiger partial charge in [-0.1, -0.05) is 6.07 Å². The number of fused-ring (bicyclic) bond motifs is 1. The summed E-state index contributed by atoms with van der Waals surface area (Å²) in [5.41, 5.74) is 2.74. The first-order valence-electron chi connectivity index (χ1n) is 6.99. The molecule has 0 aliphatic rings. The predicted molar refractivity (Wildman–Crippen MR) is 81.1 cm³/mol. The van der Waals surface area contributed by atoms with Gasteiger partial charge in [0.2, 0.25) is 0 Å². The van der Waals surface area contributed by atoms with E-state index in [1.165, 1.54) is 0 Å². The Morgan fingerprint density at radius 3 is 2.52 bits per heavy atom. The van der Waals surface area contributed by atoms with Crippen molar-refractivity contribution < 1.29 is 9.47 Å². The number of pyridine rings is 1. The molecule has 21 heavy (non-hydrogen) atoms. The standard InChI is InChI=1S/C16H21N3O2/c1-20-9-7-18(8-10-21-2)12-14-13-19-6-4-3-5-16(19)15(14)11-17/h3-6,13H,7-10,12H2,1-2H3.